The normalized spacial score (nSPS) is 14.7. The SMILES string of the molecule is O=c1cc(-c2ccccc2)oc2cc(-c3ccc(CN4CCNCC4)cc3)cc(O)c12. The molecular weight excluding hydrogens is 388 g/mol. The molecule has 1 aliphatic heterocycles. The third kappa shape index (κ3) is 4.10. The molecule has 1 fully saturated rings. The third-order valence-electron chi connectivity index (χ3n) is 5.77. The van der Waals surface area contributed by atoms with Crippen molar-refractivity contribution in [3.63, 3.8) is 0 Å². The molecular formula is C26H24N2O3. The van der Waals surface area contributed by atoms with Crippen molar-refractivity contribution in [2.24, 2.45) is 0 Å². The zero-order valence-electron chi connectivity index (χ0n) is 17.2. The molecule has 2 heterocycles. The van der Waals surface area contributed by atoms with Crippen LogP contribution in [0.4, 0.5) is 0 Å². The lowest BCUT2D eigenvalue weighted by molar-refractivity contribution is 0.233. The molecule has 0 unspecified atom stereocenters. The van der Waals surface area contributed by atoms with Crippen LogP contribution in [-0.4, -0.2) is 36.2 Å². The largest absolute Gasteiger partial charge is 0.507 e. The van der Waals surface area contributed by atoms with E-state index in [-0.39, 0.29) is 16.6 Å². The highest BCUT2D eigenvalue weighted by molar-refractivity contribution is 5.89. The summed E-state index contributed by atoms with van der Waals surface area (Å²) in [4.78, 5) is 15.1. The molecule has 31 heavy (non-hydrogen) atoms. The summed E-state index contributed by atoms with van der Waals surface area (Å²) in [6, 6.07) is 22.7. The van der Waals surface area contributed by atoms with Crippen molar-refractivity contribution < 1.29 is 9.52 Å². The van der Waals surface area contributed by atoms with Crippen molar-refractivity contribution in [1.29, 1.82) is 0 Å². The van der Waals surface area contributed by atoms with Crippen LogP contribution in [0.3, 0.4) is 0 Å². The van der Waals surface area contributed by atoms with Gasteiger partial charge in [0.2, 0.25) is 0 Å². The number of piperazine rings is 1. The number of aromatic hydroxyl groups is 1. The topological polar surface area (TPSA) is 65.7 Å². The van der Waals surface area contributed by atoms with E-state index in [2.05, 4.69) is 34.5 Å². The molecule has 5 rings (SSSR count). The second-order valence-corrected chi connectivity index (χ2v) is 7.93. The summed E-state index contributed by atoms with van der Waals surface area (Å²) >= 11 is 0. The summed E-state index contributed by atoms with van der Waals surface area (Å²) in [5.41, 5.74) is 3.99. The summed E-state index contributed by atoms with van der Waals surface area (Å²) in [7, 11) is 0. The molecule has 0 atom stereocenters. The summed E-state index contributed by atoms with van der Waals surface area (Å²) < 4.78 is 6.02. The van der Waals surface area contributed by atoms with Crippen LogP contribution in [0.2, 0.25) is 0 Å². The fraction of sp³-hybridized carbons (Fsp3) is 0.192. The Balaban J connectivity index is 1.49. The number of phenols is 1. The molecule has 156 valence electrons. The Morgan fingerprint density at radius 3 is 2.35 bits per heavy atom. The summed E-state index contributed by atoms with van der Waals surface area (Å²) in [6.07, 6.45) is 0. The number of benzene rings is 3. The van der Waals surface area contributed by atoms with Crippen LogP contribution in [0.15, 0.2) is 82.0 Å². The van der Waals surface area contributed by atoms with Crippen LogP contribution in [0, 0.1) is 0 Å². The van der Waals surface area contributed by atoms with Crippen LogP contribution in [0.25, 0.3) is 33.4 Å². The van der Waals surface area contributed by atoms with Gasteiger partial charge in [0.1, 0.15) is 22.5 Å². The Labute approximate surface area is 180 Å². The monoisotopic (exact) mass is 412 g/mol. The zero-order chi connectivity index (χ0) is 21.2. The van der Waals surface area contributed by atoms with Gasteiger partial charge in [-0.1, -0.05) is 54.6 Å². The van der Waals surface area contributed by atoms with Gasteiger partial charge in [-0.25, -0.2) is 0 Å². The molecule has 2 N–H and O–H groups in total. The molecule has 0 radical (unpaired) electrons. The Kier molecular flexibility index (Phi) is 5.28. The minimum Gasteiger partial charge on any atom is -0.507 e. The van der Waals surface area contributed by atoms with E-state index in [0.717, 1.165) is 49.4 Å². The van der Waals surface area contributed by atoms with Crippen molar-refractivity contribution in [3.05, 3.63) is 88.6 Å². The molecule has 0 saturated carbocycles. The maximum absolute atomic E-state index is 12.6. The van der Waals surface area contributed by atoms with Crippen LogP contribution in [-0.2, 0) is 6.54 Å². The van der Waals surface area contributed by atoms with Gasteiger partial charge in [-0.05, 0) is 28.8 Å². The lowest BCUT2D eigenvalue weighted by atomic mass is 10.0. The van der Waals surface area contributed by atoms with E-state index in [4.69, 9.17) is 4.42 Å². The average Bonchev–Trinajstić information content (AvgIpc) is 2.80. The van der Waals surface area contributed by atoms with Gasteiger partial charge in [-0.2, -0.15) is 0 Å². The molecule has 0 amide bonds. The number of nitrogens with one attached hydrogen (secondary N) is 1. The predicted molar refractivity (Wildman–Crippen MR) is 123 cm³/mol. The van der Waals surface area contributed by atoms with Crippen LogP contribution in [0.1, 0.15) is 5.56 Å². The van der Waals surface area contributed by atoms with Gasteiger partial charge < -0.3 is 14.8 Å². The van der Waals surface area contributed by atoms with Gasteiger partial charge in [0.25, 0.3) is 0 Å². The minimum absolute atomic E-state index is 0.0641. The first kappa shape index (κ1) is 19.5. The van der Waals surface area contributed by atoms with E-state index in [1.807, 2.05) is 36.4 Å². The molecule has 3 aromatic carbocycles. The minimum atomic E-state index is -0.254. The quantitative estimate of drug-likeness (QED) is 0.525. The fourth-order valence-electron chi connectivity index (χ4n) is 4.11. The second-order valence-electron chi connectivity index (χ2n) is 7.93. The highest BCUT2D eigenvalue weighted by Crippen LogP contribution is 2.32. The first-order valence-corrected chi connectivity index (χ1v) is 10.6. The van der Waals surface area contributed by atoms with E-state index >= 15 is 0 Å². The van der Waals surface area contributed by atoms with Crippen LogP contribution < -0.4 is 10.7 Å². The lowest BCUT2D eigenvalue weighted by Crippen LogP contribution is -2.42. The molecule has 4 aromatic rings. The van der Waals surface area contributed by atoms with Gasteiger partial charge in [-0.15, -0.1) is 0 Å². The average molecular weight is 412 g/mol. The number of phenolic OH excluding ortho intramolecular Hbond substituents is 1. The maximum atomic E-state index is 12.6. The Morgan fingerprint density at radius 2 is 1.61 bits per heavy atom. The smallest absolute Gasteiger partial charge is 0.197 e. The van der Waals surface area contributed by atoms with E-state index in [1.54, 1.807) is 6.07 Å². The third-order valence-corrected chi connectivity index (χ3v) is 5.77. The molecule has 1 aromatic heterocycles. The fourth-order valence-corrected chi connectivity index (χ4v) is 4.11. The molecule has 0 spiro atoms. The Hall–Kier alpha value is -3.41. The van der Waals surface area contributed by atoms with Gasteiger partial charge in [0.05, 0.1) is 0 Å². The number of rotatable bonds is 4. The predicted octanol–water partition coefficient (Wildman–Crippen LogP) is 4.24. The number of fused-ring (bicyclic) bond motifs is 1. The first-order valence-electron chi connectivity index (χ1n) is 10.6. The number of hydrogen-bond donors (Lipinski definition) is 2. The van der Waals surface area contributed by atoms with E-state index in [9.17, 15) is 9.90 Å². The van der Waals surface area contributed by atoms with Crippen LogP contribution >= 0.6 is 0 Å². The Morgan fingerprint density at radius 1 is 0.871 bits per heavy atom. The molecule has 5 heteroatoms. The standard InChI is InChI=1S/C26H24N2O3/c29-22-14-21(19-8-6-18(7-9-19)17-28-12-10-27-11-13-28)15-25-26(22)23(30)16-24(31-25)20-4-2-1-3-5-20/h1-9,14-16,27,29H,10-13,17H2. The summed E-state index contributed by atoms with van der Waals surface area (Å²) in [5.74, 6) is 0.423. The lowest BCUT2D eigenvalue weighted by Gasteiger charge is -2.27. The van der Waals surface area contributed by atoms with Crippen molar-refractivity contribution in [2.45, 2.75) is 6.54 Å². The van der Waals surface area contributed by atoms with E-state index in [1.165, 1.54) is 11.6 Å². The highest BCUT2D eigenvalue weighted by atomic mass is 16.3. The van der Waals surface area contributed by atoms with E-state index in [0.29, 0.717) is 11.3 Å². The molecule has 0 aliphatic carbocycles. The maximum Gasteiger partial charge on any atom is 0.197 e. The van der Waals surface area contributed by atoms with Gasteiger partial charge >= 0.3 is 0 Å². The van der Waals surface area contributed by atoms with E-state index < -0.39 is 0 Å². The van der Waals surface area contributed by atoms with Gasteiger partial charge in [-0.3, -0.25) is 9.69 Å². The van der Waals surface area contributed by atoms with Gasteiger partial charge in [0.15, 0.2) is 5.43 Å². The van der Waals surface area contributed by atoms with Crippen molar-refractivity contribution in [2.75, 3.05) is 26.2 Å². The summed E-state index contributed by atoms with van der Waals surface area (Å²) in [5, 5.41) is 14.1. The van der Waals surface area contributed by atoms with Crippen molar-refractivity contribution >= 4 is 11.0 Å². The molecule has 5 nitrogen and oxygen atoms in total. The van der Waals surface area contributed by atoms with Crippen molar-refractivity contribution in [1.82, 2.24) is 10.2 Å². The molecule has 1 aliphatic rings. The highest BCUT2D eigenvalue weighted by Gasteiger charge is 2.14. The second kappa shape index (κ2) is 8.38. The first-order chi connectivity index (χ1) is 15.2. The van der Waals surface area contributed by atoms with Gasteiger partial charge in [0, 0.05) is 44.4 Å². The Bertz CT molecular complexity index is 1260. The summed E-state index contributed by atoms with van der Waals surface area (Å²) in [6.45, 7) is 5.11. The van der Waals surface area contributed by atoms with Crippen molar-refractivity contribution in [3.8, 4) is 28.2 Å². The number of nitrogens with zero attached hydrogens (tertiary/aromatic N) is 1. The zero-order valence-corrected chi connectivity index (χ0v) is 17.2. The number of hydrogen-bond acceptors (Lipinski definition) is 5. The molecule has 1 saturated heterocycles. The van der Waals surface area contributed by atoms with Crippen LogP contribution in [0.5, 0.6) is 5.75 Å². The molecule has 0 bridgehead atoms.